The summed E-state index contributed by atoms with van der Waals surface area (Å²) in [7, 11) is 0. The molecule has 1 amide bonds. The van der Waals surface area contributed by atoms with Gasteiger partial charge in [0, 0.05) is 40.6 Å². The maximum Gasteiger partial charge on any atom is 0.329 e. The predicted molar refractivity (Wildman–Crippen MR) is 155 cm³/mol. The summed E-state index contributed by atoms with van der Waals surface area (Å²) < 4.78 is 11.2. The molecule has 0 aliphatic rings. The van der Waals surface area contributed by atoms with E-state index in [0.717, 1.165) is 38.5 Å². The first-order valence-corrected chi connectivity index (χ1v) is 13.4. The highest BCUT2D eigenvalue weighted by Gasteiger charge is 2.27. The Morgan fingerprint density at radius 3 is 2.15 bits per heavy atom. The van der Waals surface area contributed by atoms with E-state index in [-0.39, 0.29) is 24.6 Å². The van der Waals surface area contributed by atoms with Crippen LogP contribution in [0.2, 0.25) is 0 Å². The summed E-state index contributed by atoms with van der Waals surface area (Å²) in [6, 6.07) is 23.6. The predicted octanol–water partition coefficient (Wildman–Crippen LogP) is 4.96. The van der Waals surface area contributed by atoms with Crippen molar-refractivity contribution in [2.24, 2.45) is 5.73 Å². The average Bonchev–Trinajstić information content (AvgIpc) is 3.76. The number of hydrogen-bond donors (Lipinski definition) is 4. The van der Waals surface area contributed by atoms with E-state index in [0.29, 0.717) is 6.42 Å². The van der Waals surface area contributed by atoms with Crippen LogP contribution in [0.5, 0.6) is 0 Å². The number of rotatable bonds is 10. The molecule has 41 heavy (non-hydrogen) atoms. The number of nitrogens with zero attached hydrogens (tertiary/aromatic N) is 1. The van der Waals surface area contributed by atoms with Crippen LogP contribution < -0.4 is 11.1 Å². The summed E-state index contributed by atoms with van der Waals surface area (Å²) in [5, 5.41) is 4.84. The van der Waals surface area contributed by atoms with Crippen LogP contribution in [0.25, 0.3) is 21.8 Å². The van der Waals surface area contributed by atoms with Gasteiger partial charge >= 0.3 is 5.97 Å². The summed E-state index contributed by atoms with van der Waals surface area (Å²) in [5.74, 6) is -0.867. The summed E-state index contributed by atoms with van der Waals surface area (Å²) in [5.41, 5.74) is 11.1. The fourth-order valence-corrected chi connectivity index (χ4v) is 4.96. The molecule has 3 aromatic carbocycles. The maximum atomic E-state index is 13.3. The summed E-state index contributed by atoms with van der Waals surface area (Å²) in [6.45, 7) is 0.0940. The molecule has 3 aromatic heterocycles. The van der Waals surface area contributed by atoms with Crippen LogP contribution in [-0.2, 0) is 29.0 Å². The van der Waals surface area contributed by atoms with Gasteiger partial charge < -0.3 is 30.2 Å². The number of H-pyrrole nitrogens is 2. The number of hydrogen-bond acceptors (Lipinski definition) is 6. The standard InChI is InChI=1S/C32H29N5O4/c33-25(14-21-16-34-26-12-6-4-10-23(21)26)31-37-29(19-40-31)30(38)36-28(32(39)41-18-20-8-2-1-3-9-20)15-22-17-35-27-13-7-5-11-24(22)27/h1-13,16-17,19,25,28,34-35H,14-15,18,33H2,(H,36,38). The minimum absolute atomic E-state index is 0.0363. The van der Waals surface area contributed by atoms with E-state index in [9.17, 15) is 9.59 Å². The Bertz CT molecular complexity index is 1800. The van der Waals surface area contributed by atoms with Crippen LogP contribution in [0, 0.1) is 0 Å². The molecule has 206 valence electrons. The molecule has 0 saturated heterocycles. The zero-order valence-corrected chi connectivity index (χ0v) is 22.2. The van der Waals surface area contributed by atoms with Gasteiger partial charge in [-0.25, -0.2) is 9.78 Å². The van der Waals surface area contributed by atoms with Crippen LogP contribution in [0.4, 0.5) is 0 Å². The fraction of sp³-hybridized carbons (Fsp3) is 0.156. The lowest BCUT2D eigenvalue weighted by molar-refractivity contribution is -0.147. The molecule has 0 bridgehead atoms. The number of amides is 1. The summed E-state index contributed by atoms with van der Waals surface area (Å²) in [4.78, 5) is 37.3. The number of para-hydroxylation sites is 2. The van der Waals surface area contributed by atoms with Crippen molar-refractivity contribution >= 4 is 33.7 Å². The van der Waals surface area contributed by atoms with Crippen molar-refractivity contribution in [2.75, 3.05) is 0 Å². The summed E-state index contributed by atoms with van der Waals surface area (Å²) >= 11 is 0. The van der Waals surface area contributed by atoms with E-state index in [2.05, 4.69) is 20.3 Å². The minimum atomic E-state index is -0.953. The molecule has 2 unspecified atom stereocenters. The first-order valence-electron chi connectivity index (χ1n) is 13.4. The molecular formula is C32H29N5O4. The number of benzene rings is 3. The van der Waals surface area contributed by atoms with E-state index in [1.54, 1.807) is 0 Å². The van der Waals surface area contributed by atoms with Crippen molar-refractivity contribution in [3.05, 3.63) is 126 Å². The first kappa shape index (κ1) is 26.1. The van der Waals surface area contributed by atoms with E-state index in [1.165, 1.54) is 6.26 Å². The van der Waals surface area contributed by atoms with Crippen molar-refractivity contribution in [1.82, 2.24) is 20.3 Å². The number of aromatic nitrogens is 3. The SMILES string of the molecule is NC(Cc1c[nH]c2ccccc12)c1nc(C(=O)NC(Cc2c[nH]c3ccccc23)C(=O)OCc2ccccc2)co1. The monoisotopic (exact) mass is 547 g/mol. The third-order valence-electron chi connectivity index (χ3n) is 7.10. The van der Waals surface area contributed by atoms with Crippen molar-refractivity contribution in [3.63, 3.8) is 0 Å². The van der Waals surface area contributed by atoms with Crippen molar-refractivity contribution in [3.8, 4) is 0 Å². The van der Waals surface area contributed by atoms with Crippen LogP contribution in [0.15, 0.2) is 102 Å². The number of oxazole rings is 1. The van der Waals surface area contributed by atoms with Crippen molar-refractivity contribution in [2.45, 2.75) is 31.5 Å². The topological polar surface area (TPSA) is 139 Å². The number of nitrogens with one attached hydrogen (secondary N) is 3. The lowest BCUT2D eigenvalue weighted by Crippen LogP contribution is -2.43. The first-order chi connectivity index (χ1) is 20.0. The minimum Gasteiger partial charge on any atom is -0.459 e. The number of nitrogens with two attached hydrogens (primary N) is 1. The molecule has 5 N–H and O–H groups in total. The zero-order valence-electron chi connectivity index (χ0n) is 22.2. The van der Waals surface area contributed by atoms with Crippen molar-refractivity contribution in [1.29, 1.82) is 0 Å². The van der Waals surface area contributed by atoms with Gasteiger partial charge in [0.2, 0.25) is 5.89 Å². The van der Waals surface area contributed by atoms with Gasteiger partial charge in [0.15, 0.2) is 5.69 Å². The third-order valence-corrected chi connectivity index (χ3v) is 7.10. The highest BCUT2D eigenvalue weighted by atomic mass is 16.5. The molecule has 6 aromatic rings. The molecule has 0 radical (unpaired) electrons. The van der Waals surface area contributed by atoms with E-state index in [4.69, 9.17) is 14.9 Å². The Kier molecular flexibility index (Phi) is 7.34. The average molecular weight is 548 g/mol. The lowest BCUT2D eigenvalue weighted by atomic mass is 10.0. The van der Waals surface area contributed by atoms with Gasteiger partial charge in [-0.1, -0.05) is 66.7 Å². The fourth-order valence-electron chi connectivity index (χ4n) is 4.96. The zero-order chi connectivity index (χ0) is 28.2. The Morgan fingerprint density at radius 2 is 1.46 bits per heavy atom. The van der Waals surface area contributed by atoms with Crippen LogP contribution in [0.1, 0.15) is 39.1 Å². The lowest BCUT2D eigenvalue weighted by Gasteiger charge is -2.17. The number of carbonyl (C=O) groups excluding carboxylic acids is 2. The van der Waals surface area contributed by atoms with Crippen molar-refractivity contribution < 1.29 is 18.7 Å². The number of aromatic amines is 2. The molecule has 9 heteroatoms. The summed E-state index contributed by atoms with van der Waals surface area (Å²) in [6.07, 6.45) is 5.72. The smallest absolute Gasteiger partial charge is 0.329 e. The van der Waals surface area contributed by atoms with Crippen LogP contribution in [-0.4, -0.2) is 32.9 Å². The normalized spacial score (nSPS) is 12.8. The largest absolute Gasteiger partial charge is 0.459 e. The Labute approximate surface area is 235 Å². The molecule has 0 aliphatic carbocycles. The van der Waals surface area contributed by atoms with Gasteiger partial charge in [-0.15, -0.1) is 0 Å². The molecule has 2 atom stereocenters. The van der Waals surface area contributed by atoms with Gasteiger partial charge in [-0.05, 0) is 35.2 Å². The van der Waals surface area contributed by atoms with E-state index in [1.807, 2.05) is 91.3 Å². The van der Waals surface area contributed by atoms with E-state index < -0.39 is 24.0 Å². The second-order valence-corrected chi connectivity index (χ2v) is 9.92. The van der Waals surface area contributed by atoms with Gasteiger partial charge in [-0.3, -0.25) is 4.79 Å². The number of ether oxygens (including phenoxy) is 1. The molecule has 9 nitrogen and oxygen atoms in total. The Morgan fingerprint density at radius 1 is 0.854 bits per heavy atom. The van der Waals surface area contributed by atoms with Crippen LogP contribution in [0.3, 0.4) is 0 Å². The number of carbonyl (C=O) groups is 2. The van der Waals surface area contributed by atoms with Gasteiger partial charge in [0.05, 0.1) is 6.04 Å². The van der Waals surface area contributed by atoms with Gasteiger partial charge in [0.25, 0.3) is 5.91 Å². The Hall–Kier alpha value is -5.15. The molecular weight excluding hydrogens is 518 g/mol. The Balaban J connectivity index is 1.17. The molecule has 0 saturated carbocycles. The molecule has 0 spiro atoms. The highest BCUT2D eigenvalue weighted by Crippen LogP contribution is 2.24. The third kappa shape index (κ3) is 5.75. The molecule has 3 heterocycles. The quantitative estimate of drug-likeness (QED) is 0.179. The number of fused-ring (bicyclic) bond motifs is 2. The second kappa shape index (κ2) is 11.5. The van der Waals surface area contributed by atoms with Gasteiger partial charge in [0.1, 0.15) is 18.9 Å². The highest BCUT2D eigenvalue weighted by molar-refractivity contribution is 5.95. The molecule has 0 aliphatic heterocycles. The van der Waals surface area contributed by atoms with Gasteiger partial charge in [-0.2, -0.15) is 0 Å². The number of esters is 1. The van der Waals surface area contributed by atoms with Crippen LogP contribution >= 0.6 is 0 Å². The molecule has 0 fully saturated rings. The maximum absolute atomic E-state index is 13.3. The second-order valence-electron chi connectivity index (χ2n) is 9.92. The van der Waals surface area contributed by atoms with E-state index >= 15 is 0 Å². The molecule has 6 rings (SSSR count).